The van der Waals surface area contributed by atoms with Crippen LogP contribution in [0.1, 0.15) is 67.7 Å². The van der Waals surface area contributed by atoms with Gasteiger partial charge in [-0.15, -0.1) is 5.10 Å². The zero-order valence-corrected chi connectivity index (χ0v) is 16.9. The molecule has 2 N–H and O–H groups in total. The Balaban J connectivity index is 1.88. The molecule has 0 saturated carbocycles. The number of aromatic nitrogens is 4. The van der Waals surface area contributed by atoms with Gasteiger partial charge >= 0.3 is 5.97 Å². The molecule has 0 spiro atoms. The number of phenols is 1. The van der Waals surface area contributed by atoms with Crippen molar-refractivity contribution in [2.45, 2.75) is 65.3 Å². The number of phenolic OH excluding ortho intramolecular Hbond substituents is 1. The van der Waals surface area contributed by atoms with Crippen molar-refractivity contribution < 1.29 is 24.5 Å². The van der Waals surface area contributed by atoms with Crippen molar-refractivity contribution in [3.63, 3.8) is 0 Å². The Morgan fingerprint density at radius 3 is 2.66 bits per heavy atom. The highest BCUT2D eigenvalue weighted by molar-refractivity contribution is 5.97. The van der Waals surface area contributed by atoms with E-state index in [9.17, 15) is 14.7 Å². The number of hydrogen-bond donors (Lipinski definition) is 2. The Hall–Kier alpha value is -2.97. The molecule has 2 aromatic rings. The number of ether oxygens (including phenoxy) is 1. The van der Waals surface area contributed by atoms with E-state index < -0.39 is 5.97 Å². The van der Waals surface area contributed by atoms with Gasteiger partial charge in [0, 0.05) is 24.9 Å². The number of aromatic hydroxyl groups is 1. The van der Waals surface area contributed by atoms with Gasteiger partial charge in [0.15, 0.2) is 11.6 Å². The van der Waals surface area contributed by atoms with Crippen LogP contribution in [0.2, 0.25) is 0 Å². The standard InChI is InChI=1S/C20H28N4O5/c1-3-7-16-17(11-10-15(14(2)25)20(16)28)29-13-6-8-18-21-22-23-24(18)12-5-4-9-19(26)27/h10-11,28H,3-9,12-13H2,1-2H3,(H,26,27). The molecule has 9 nitrogen and oxygen atoms in total. The number of ketones is 1. The van der Waals surface area contributed by atoms with Gasteiger partial charge in [0.2, 0.25) is 0 Å². The quantitative estimate of drug-likeness (QED) is 0.385. The van der Waals surface area contributed by atoms with Gasteiger partial charge in [0.05, 0.1) is 12.2 Å². The number of aliphatic carboxylic acids is 1. The Bertz CT molecular complexity index is 834. The highest BCUT2D eigenvalue weighted by Crippen LogP contribution is 2.33. The van der Waals surface area contributed by atoms with Crippen LogP contribution >= 0.6 is 0 Å². The molecule has 0 unspecified atom stereocenters. The molecule has 1 aromatic carbocycles. The fraction of sp³-hybridized carbons (Fsp3) is 0.550. The molecule has 0 aliphatic heterocycles. The molecule has 29 heavy (non-hydrogen) atoms. The number of nitrogens with zero attached hydrogens (tertiary/aromatic N) is 4. The van der Waals surface area contributed by atoms with Crippen LogP contribution in [0.15, 0.2) is 12.1 Å². The Morgan fingerprint density at radius 2 is 1.97 bits per heavy atom. The van der Waals surface area contributed by atoms with Crippen molar-refractivity contribution >= 4 is 11.8 Å². The highest BCUT2D eigenvalue weighted by Gasteiger charge is 2.16. The molecule has 0 aliphatic carbocycles. The molecule has 158 valence electrons. The van der Waals surface area contributed by atoms with Gasteiger partial charge in [0.1, 0.15) is 11.5 Å². The summed E-state index contributed by atoms with van der Waals surface area (Å²) < 4.78 is 7.55. The average Bonchev–Trinajstić information content (AvgIpc) is 3.11. The van der Waals surface area contributed by atoms with Crippen LogP contribution in [-0.4, -0.2) is 48.8 Å². The summed E-state index contributed by atoms with van der Waals surface area (Å²) in [6.07, 6.45) is 4.16. The maximum absolute atomic E-state index is 11.6. The van der Waals surface area contributed by atoms with E-state index in [4.69, 9.17) is 9.84 Å². The number of Topliss-reactive ketones (excluding diaryl/α,β-unsaturated/α-hetero) is 1. The first-order chi connectivity index (χ1) is 13.9. The number of carbonyl (C=O) groups is 2. The van der Waals surface area contributed by atoms with E-state index in [2.05, 4.69) is 15.5 Å². The first-order valence-corrected chi connectivity index (χ1v) is 9.89. The number of carboxylic acids is 1. The number of aryl methyl sites for hydroxylation is 2. The Kier molecular flexibility index (Phi) is 8.57. The lowest BCUT2D eigenvalue weighted by molar-refractivity contribution is -0.137. The lowest BCUT2D eigenvalue weighted by Gasteiger charge is -2.14. The van der Waals surface area contributed by atoms with Gasteiger partial charge in [-0.3, -0.25) is 9.59 Å². The average molecular weight is 404 g/mol. The molecule has 0 fully saturated rings. The summed E-state index contributed by atoms with van der Waals surface area (Å²) in [6, 6.07) is 3.32. The number of benzene rings is 1. The first kappa shape index (κ1) is 22.3. The number of carbonyl (C=O) groups excluding carboxylic acids is 1. The monoisotopic (exact) mass is 404 g/mol. The van der Waals surface area contributed by atoms with Crippen molar-refractivity contribution in [2.24, 2.45) is 0 Å². The van der Waals surface area contributed by atoms with Crippen LogP contribution in [0.4, 0.5) is 0 Å². The van der Waals surface area contributed by atoms with E-state index in [0.717, 1.165) is 12.2 Å². The SMILES string of the molecule is CCCc1c(OCCCc2nnnn2CCCCC(=O)O)ccc(C(C)=O)c1O. The predicted molar refractivity (Wildman–Crippen MR) is 105 cm³/mol. The van der Waals surface area contributed by atoms with E-state index in [1.165, 1.54) is 6.92 Å². The van der Waals surface area contributed by atoms with E-state index in [1.54, 1.807) is 16.8 Å². The number of carboxylic acid groups (broad SMARTS) is 1. The number of unbranched alkanes of at least 4 members (excludes halogenated alkanes) is 1. The summed E-state index contributed by atoms with van der Waals surface area (Å²) in [7, 11) is 0. The lowest BCUT2D eigenvalue weighted by Crippen LogP contribution is -2.09. The molecule has 0 amide bonds. The van der Waals surface area contributed by atoms with Crippen molar-refractivity contribution in [1.82, 2.24) is 20.2 Å². The third-order valence-electron chi connectivity index (χ3n) is 4.54. The molecule has 1 aromatic heterocycles. The summed E-state index contributed by atoms with van der Waals surface area (Å²) >= 11 is 0. The van der Waals surface area contributed by atoms with Crippen LogP contribution in [0.25, 0.3) is 0 Å². The zero-order valence-electron chi connectivity index (χ0n) is 16.9. The minimum Gasteiger partial charge on any atom is -0.507 e. The maximum atomic E-state index is 11.6. The summed E-state index contributed by atoms with van der Waals surface area (Å²) in [5, 5.41) is 30.7. The van der Waals surface area contributed by atoms with E-state index in [1.807, 2.05) is 6.92 Å². The minimum atomic E-state index is -0.802. The van der Waals surface area contributed by atoms with Gasteiger partial charge in [0.25, 0.3) is 0 Å². The molecule has 0 aliphatic rings. The third-order valence-corrected chi connectivity index (χ3v) is 4.54. The normalized spacial score (nSPS) is 10.8. The molecule has 0 atom stereocenters. The number of hydrogen-bond acceptors (Lipinski definition) is 7. The summed E-state index contributed by atoms with van der Waals surface area (Å²) in [6.45, 7) is 4.43. The van der Waals surface area contributed by atoms with Crippen LogP contribution < -0.4 is 4.74 Å². The second-order valence-corrected chi connectivity index (χ2v) is 6.87. The fourth-order valence-electron chi connectivity index (χ4n) is 3.05. The Labute approximate surface area is 169 Å². The molecule has 9 heteroatoms. The van der Waals surface area contributed by atoms with Gasteiger partial charge < -0.3 is 14.9 Å². The number of tetrazole rings is 1. The molecular weight excluding hydrogens is 376 g/mol. The van der Waals surface area contributed by atoms with Crippen molar-refractivity contribution in [2.75, 3.05) is 6.61 Å². The largest absolute Gasteiger partial charge is 0.507 e. The molecular formula is C20H28N4O5. The summed E-state index contributed by atoms with van der Waals surface area (Å²) in [5.74, 6) is 0.336. The molecule has 0 saturated heterocycles. The van der Waals surface area contributed by atoms with Crippen LogP contribution in [-0.2, 0) is 24.2 Å². The van der Waals surface area contributed by atoms with E-state index in [-0.39, 0.29) is 18.0 Å². The third kappa shape index (κ3) is 6.55. The molecule has 2 rings (SSSR count). The van der Waals surface area contributed by atoms with Gasteiger partial charge in [-0.05, 0) is 55.2 Å². The predicted octanol–water partition coefficient (Wildman–Crippen LogP) is 2.80. The smallest absolute Gasteiger partial charge is 0.303 e. The van der Waals surface area contributed by atoms with Crippen molar-refractivity contribution in [3.05, 3.63) is 29.1 Å². The fourth-order valence-corrected chi connectivity index (χ4v) is 3.05. The molecule has 1 heterocycles. The maximum Gasteiger partial charge on any atom is 0.303 e. The van der Waals surface area contributed by atoms with Gasteiger partial charge in [-0.1, -0.05) is 13.3 Å². The van der Waals surface area contributed by atoms with Crippen LogP contribution in [0, 0.1) is 0 Å². The van der Waals surface area contributed by atoms with Crippen LogP contribution in [0.3, 0.4) is 0 Å². The van der Waals surface area contributed by atoms with E-state index >= 15 is 0 Å². The summed E-state index contributed by atoms with van der Waals surface area (Å²) in [5.41, 5.74) is 0.964. The zero-order chi connectivity index (χ0) is 21.2. The Morgan fingerprint density at radius 1 is 1.17 bits per heavy atom. The van der Waals surface area contributed by atoms with Crippen molar-refractivity contribution in [3.8, 4) is 11.5 Å². The minimum absolute atomic E-state index is 0.00199. The number of rotatable bonds is 13. The second kappa shape index (κ2) is 11.1. The van der Waals surface area contributed by atoms with Gasteiger partial charge in [-0.25, -0.2) is 4.68 Å². The molecule has 0 radical (unpaired) electrons. The first-order valence-electron chi connectivity index (χ1n) is 9.89. The van der Waals surface area contributed by atoms with E-state index in [0.29, 0.717) is 62.1 Å². The lowest BCUT2D eigenvalue weighted by atomic mass is 10.0. The second-order valence-electron chi connectivity index (χ2n) is 6.87. The molecule has 0 bridgehead atoms. The van der Waals surface area contributed by atoms with Gasteiger partial charge in [-0.2, -0.15) is 0 Å². The van der Waals surface area contributed by atoms with Crippen molar-refractivity contribution in [1.29, 1.82) is 0 Å². The van der Waals surface area contributed by atoms with Crippen LogP contribution in [0.5, 0.6) is 11.5 Å². The topological polar surface area (TPSA) is 127 Å². The summed E-state index contributed by atoms with van der Waals surface area (Å²) in [4.78, 5) is 22.2. The highest BCUT2D eigenvalue weighted by atomic mass is 16.5.